The van der Waals surface area contributed by atoms with Crippen LogP contribution in [0.5, 0.6) is 0 Å². The van der Waals surface area contributed by atoms with E-state index in [-0.39, 0.29) is 10.6 Å². The monoisotopic (exact) mass is 500 g/mol. The highest BCUT2D eigenvalue weighted by atomic mass is 35.5. The average Bonchev–Trinajstić information content (AvgIpc) is 3.32. The second-order valence-electron chi connectivity index (χ2n) is 9.67. The van der Waals surface area contributed by atoms with Gasteiger partial charge in [-0.25, -0.2) is 9.37 Å². The highest BCUT2D eigenvalue weighted by Gasteiger charge is 2.25. The number of carbonyl (C=O) groups excluding carboxylic acids is 1. The lowest BCUT2D eigenvalue weighted by Crippen LogP contribution is -2.44. The van der Waals surface area contributed by atoms with Crippen LogP contribution in [0.25, 0.3) is 0 Å². The van der Waals surface area contributed by atoms with E-state index in [0.717, 1.165) is 57.3 Å². The number of piperidine rings is 1. The van der Waals surface area contributed by atoms with Crippen molar-refractivity contribution in [2.45, 2.75) is 45.2 Å². The molecular weight excluding hydrogens is 467 g/mol. The van der Waals surface area contributed by atoms with Crippen molar-refractivity contribution < 1.29 is 9.18 Å². The van der Waals surface area contributed by atoms with E-state index in [1.165, 1.54) is 12.1 Å². The molecule has 35 heavy (non-hydrogen) atoms. The maximum absolute atomic E-state index is 13.3. The predicted octanol–water partition coefficient (Wildman–Crippen LogP) is 4.74. The molecule has 2 aliphatic heterocycles. The van der Waals surface area contributed by atoms with Gasteiger partial charge >= 0.3 is 0 Å². The van der Waals surface area contributed by atoms with Crippen molar-refractivity contribution in [1.82, 2.24) is 14.9 Å². The lowest BCUT2D eigenvalue weighted by Gasteiger charge is -2.37. The van der Waals surface area contributed by atoms with Crippen LogP contribution in [-0.2, 0) is 0 Å². The Kier molecular flexibility index (Phi) is 8.23. The fourth-order valence-electron chi connectivity index (χ4n) is 4.64. The van der Waals surface area contributed by atoms with E-state index in [1.807, 2.05) is 12.1 Å². The highest BCUT2D eigenvalue weighted by molar-refractivity contribution is 6.34. The molecule has 2 aliphatic rings. The van der Waals surface area contributed by atoms with E-state index < -0.39 is 11.7 Å². The molecule has 9 heteroatoms. The first kappa shape index (κ1) is 25.4. The van der Waals surface area contributed by atoms with Crippen LogP contribution in [-0.4, -0.2) is 72.3 Å². The fraction of sp³-hybridized carbons (Fsp3) is 0.500. The molecule has 4 rings (SSSR count). The van der Waals surface area contributed by atoms with Gasteiger partial charge in [0.05, 0.1) is 10.6 Å². The first-order valence-corrected chi connectivity index (χ1v) is 12.7. The highest BCUT2D eigenvalue weighted by Crippen LogP contribution is 2.24. The maximum atomic E-state index is 13.3. The summed E-state index contributed by atoms with van der Waals surface area (Å²) in [5.74, 6) is 0.891. The van der Waals surface area contributed by atoms with E-state index in [1.54, 1.807) is 6.07 Å². The zero-order valence-electron chi connectivity index (χ0n) is 20.6. The molecule has 188 valence electrons. The maximum Gasteiger partial charge on any atom is 0.258 e. The lowest BCUT2D eigenvalue weighted by molar-refractivity contribution is 0.102. The molecule has 1 saturated heterocycles. The summed E-state index contributed by atoms with van der Waals surface area (Å²) in [5, 5.41) is 9.54. The number of rotatable bonds is 8. The lowest BCUT2D eigenvalue weighted by atomic mass is 10.0. The molecule has 1 amide bonds. The predicted molar refractivity (Wildman–Crippen MR) is 140 cm³/mol. The van der Waals surface area contributed by atoms with Gasteiger partial charge in [-0.15, -0.1) is 0 Å². The van der Waals surface area contributed by atoms with Gasteiger partial charge in [0.1, 0.15) is 17.5 Å². The van der Waals surface area contributed by atoms with Crippen molar-refractivity contribution in [3.05, 3.63) is 52.8 Å². The number of nitrogens with zero attached hydrogens (tertiary/aromatic N) is 5. The Balaban J connectivity index is 1.27. The van der Waals surface area contributed by atoms with Crippen LogP contribution < -0.4 is 10.2 Å². The van der Waals surface area contributed by atoms with E-state index in [0.29, 0.717) is 23.8 Å². The molecule has 0 bridgehead atoms. The Hall–Kier alpha value is -2.71. The van der Waals surface area contributed by atoms with Crippen LogP contribution in [0.4, 0.5) is 16.0 Å². The number of pyridine rings is 1. The van der Waals surface area contributed by atoms with Crippen LogP contribution in [0.15, 0.2) is 41.5 Å². The van der Waals surface area contributed by atoms with Crippen molar-refractivity contribution in [2.24, 2.45) is 11.0 Å². The fourth-order valence-corrected chi connectivity index (χ4v) is 4.89. The molecule has 0 aliphatic carbocycles. The summed E-state index contributed by atoms with van der Waals surface area (Å²) >= 11 is 6.02. The first-order chi connectivity index (χ1) is 16.8. The largest absolute Gasteiger partial charge is 0.357 e. The van der Waals surface area contributed by atoms with Crippen molar-refractivity contribution in [3.8, 4) is 0 Å². The quantitative estimate of drug-likeness (QED) is 0.567. The molecule has 1 aromatic carbocycles. The van der Waals surface area contributed by atoms with Gasteiger partial charge < -0.3 is 15.1 Å². The molecule has 3 heterocycles. The molecule has 1 fully saturated rings. The standard InChI is InChI=1S/C26H34ClFN6O/c1-18(2)34-17-19(16-29-34)9-12-33-13-10-21(11-14-33)32(3)25-6-4-5-24(30-25)31-26(35)22-8-7-20(28)15-23(22)27/h4-8,15-16,18-19,21H,9-14,17H2,1-3H3,(H,30,31,35). The van der Waals surface area contributed by atoms with Gasteiger partial charge in [0, 0.05) is 50.9 Å². The number of hydrogen-bond acceptors (Lipinski definition) is 6. The zero-order valence-corrected chi connectivity index (χ0v) is 21.4. The minimum Gasteiger partial charge on any atom is -0.357 e. The van der Waals surface area contributed by atoms with E-state index in [2.05, 4.69) is 57.3 Å². The van der Waals surface area contributed by atoms with Gasteiger partial charge in [-0.2, -0.15) is 5.10 Å². The Morgan fingerprint density at radius 2 is 2.03 bits per heavy atom. The topological polar surface area (TPSA) is 64.1 Å². The number of nitrogens with one attached hydrogen (secondary N) is 1. The number of halogens is 2. The SMILES string of the molecule is CC(C)N1CC(CCN2CCC(N(C)c3cccc(NC(=O)c4ccc(F)cc4Cl)n3)CC2)C=N1. The van der Waals surface area contributed by atoms with Crippen molar-refractivity contribution in [1.29, 1.82) is 0 Å². The van der Waals surface area contributed by atoms with Crippen molar-refractivity contribution in [2.75, 3.05) is 43.4 Å². The first-order valence-electron chi connectivity index (χ1n) is 12.3. The molecule has 0 saturated carbocycles. The molecule has 1 aromatic heterocycles. The average molecular weight is 501 g/mol. The summed E-state index contributed by atoms with van der Waals surface area (Å²) in [6.07, 6.45) is 5.39. The van der Waals surface area contributed by atoms with Crippen LogP contribution in [0.3, 0.4) is 0 Å². The Bertz CT molecular complexity index is 1060. The molecular formula is C26H34ClFN6O. The number of likely N-dealkylation sites (tertiary alicyclic amines) is 1. The van der Waals surface area contributed by atoms with Crippen LogP contribution in [0.1, 0.15) is 43.5 Å². The molecule has 1 atom stereocenters. The van der Waals surface area contributed by atoms with Gasteiger partial charge in [0.2, 0.25) is 0 Å². The number of aromatic nitrogens is 1. The van der Waals surface area contributed by atoms with E-state index in [4.69, 9.17) is 11.6 Å². The van der Waals surface area contributed by atoms with Gasteiger partial charge in [-0.1, -0.05) is 17.7 Å². The summed E-state index contributed by atoms with van der Waals surface area (Å²) in [6, 6.07) is 10.1. The second-order valence-corrected chi connectivity index (χ2v) is 10.1. The summed E-state index contributed by atoms with van der Waals surface area (Å²) in [6.45, 7) is 8.62. The molecule has 7 nitrogen and oxygen atoms in total. The molecule has 2 aromatic rings. The number of hydrazone groups is 1. The third-order valence-corrected chi connectivity index (χ3v) is 7.19. The van der Waals surface area contributed by atoms with Crippen molar-refractivity contribution >= 4 is 35.4 Å². The molecule has 0 spiro atoms. The van der Waals surface area contributed by atoms with Gasteiger partial charge in [0.25, 0.3) is 5.91 Å². The van der Waals surface area contributed by atoms with Crippen LogP contribution in [0, 0.1) is 11.7 Å². The summed E-state index contributed by atoms with van der Waals surface area (Å²) in [7, 11) is 2.06. The normalized spacial score (nSPS) is 18.9. The summed E-state index contributed by atoms with van der Waals surface area (Å²) < 4.78 is 13.3. The van der Waals surface area contributed by atoms with Gasteiger partial charge in [0.15, 0.2) is 0 Å². The van der Waals surface area contributed by atoms with E-state index in [9.17, 15) is 9.18 Å². The van der Waals surface area contributed by atoms with Crippen LogP contribution in [0.2, 0.25) is 5.02 Å². The number of carbonyl (C=O) groups is 1. The summed E-state index contributed by atoms with van der Waals surface area (Å²) in [5.41, 5.74) is 0.210. The van der Waals surface area contributed by atoms with Crippen molar-refractivity contribution in [3.63, 3.8) is 0 Å². The van der Waals surface area contributed by atoms with E-state index >= 15 is 0 Å². The number of benzene rings is 1. The number of amides is 1. The number of anilines is 2. The van der Waals surface area contributed by atoms with Gasteiger partial charge in [-0.05, 0) is 70.0 Å². The number of hydrogen-bond donors (Lipinski definition) is 1. The Morgan fingerprint density at radius 3 is 2.71 bits per heavy atom. The third-order valence-electron chi connectivity index (χ3n) is 6.88. The van der Waals surface area contributed by atoms with Crippen LogP contribution >= 0.6 is 11.6 Å². The molecule has 0 radical (unpaired) electrons. The zero-order chi connectivity index (χ0) is 24.9. The molecule has 1 unspecified atom stereocenters. The minimum absolute atomic E-state index is 0.0694. The second kappa shape index (κ2) is 11.4. The minimum atomic E-state index is -0.482. The molecule has 1 N–H and O–H groups in total. The Morgan fingerprint density at radius 1 is 1.26 bits per heavy atom. The summed E-state index contributed by atoms with van der Waals surface area (Å²) in [4.78, 5) is 22.0. The van der Waals surface area contributed by atoms with Gasteiger partial charge in [-0.3, -0.25) is 9.80 Å². The third kappa shape index (κ3) is 6.49. The smallest absolute Gasteiger partial charge is 0.258 e. The Labute approximate surface area is 211 Å².